The SMILES string of the molecule is O=C(CCC(CCC(=O)Oc1c(F)c(F)c(F)c(F)c1F)(CCC(=O)Oc1c(F)c(F)c(F)c(F)c1F)NC(=O)OCC1c2ccccc2-c2ccccc21)Cc1c(F)c(F)c(F)c(F)c1F.O=C(O)CCC(CCC(=O)O)(CCC(=O)O)NC(=O)OCC1c2ccccc2-c2ccccc21.O=C(Oc1cc(F)c(F)c(F)c1F)C(F)(F)F. The Labute approximate surface area is 648 Å². The van der Waals surface area contributed by atoms with Gasteiger partial charge in [0.2, 0.25) is 87.1 Å². The molecule has 19 nitrogen and oxygen atoms in total. The molecule has 8 aromatic carbocycles. The third kappa shape index (κ3) is 21.3. The zero-order valence-corrected chi connectivity index (χ0v) is 59.4. The number of ether oxygens (including phenoxy) is 5. The molecule has 0 spiro atoms. The van der Waals surface area contributed by atoms with E-state index in [2.05, 4.69) is 24.8 Å². The fourth-order valence-electron chi connectivity index (χ4n) is 12.5. The van der Waals surface area contributed by atoms with Crippen molar-refractivity contribution in [1.82, 2.24) is 10.6 Å². The van der Waals surface area contributed by atoms with Gasteiger partial charge in [-0.3, -0.25) is 28.8 Å². The number of carboxylic acid groups (broad SMARTS) is 3. The van der Waals surface area contributed by atoms with Crippen LogP contribution in [0.3, 0.4) is 0 Å². The normalized spacial score (nSPS) is 12.2. The van der Waals surface area contributed by atoms with Gasteiger partial charge in [-0.1, -0.05) is 97.1 Å². The molecular weight excluding hydrogens is 1640 g/mol. The highest BCUT2D eigenvalue weighted by molar-refractivity contribution is 5.83. The standard InChI is InChI=1S/C44H26F15NO7.C25H27NO8.C8HF7O2/c45-26-22(27(46)29(48)30(49)28(26)47)15-17(61)9-12-44(13-10-24(62)66-41-37(56)33(52)31(50)34(53)38(41)57,14-11-25(63)67-42-39(58)35(54)32(51)36(55)40(42)59)60-43(64)65-16-23-20-7-3-1-5-18(20)19-6-2-4-8-21(19)23;27-21(28)9-12-25(13-10-22(29)30,14-11-23(31)32)26-24(33)34-15-20-18-7-3-1-5-16(18)17-6-2-4-8-19(17)20;9-2-1-3(5(11)6(12)4(2)10)17-7(16)8(13,14)15/h1-8,23H,9-16H2,(H,60,64);1-8,20H,9-15H2,(H,26,33)(H,27,28)(H,29,30)(H,31,32);1H. The molecule has 118 heavy (non-hydrogen) atoms. The maximum atomic E-state index is 14.6. The second-order valence-corrected chi connectivity index (χ2v) is 25.8. The Kier molecular flexibility index (Phi) is 29.5. The van der Waals surface area contributed by atoms with E-state index in [4.69, 9.17) is 24.8 Å². The van der Waals surface area contributed by atoms with Crippen LogP contribution in [-0.2, 0) is 49.5 Å². The third-order valence-electron chi connectivity index (χ3n) is 18.3. The average Bonchev–Trinajstić information content (AvgIpc) is 1.72. The van der Waals surface area contributed by atoms with Crippen LogP contribution in [0.4, 0.5) is 106 Å². The number of benzene rings is 8. The molecule has 0 radical (unpaired) electrons. The minimum absolute atomic E-state index is 0.0206. The lowest BCUT2D eigenvalue weighted by atomic mass is 9.82. The van der Waals surface area contributed by atoms with Crippen molar-refractivity contribution >= 4 is 53.8 Å². The van der Waals surface area contributed by atoms with Crippen molar-refractivity contribution in [3.8, 4) is 39.5 Å². The average molecular weight is 1700 g/mol. The number of rotatable bonds is 29. The smallest absolute Gasteiger partial charge is 0.481 e. The summed E-state index contributed by atoms with van der Waals surface area (Å²) in [5.41, 5.74) is 1.57. The van der Waals surface area contributed by atoms with Crippen LogP contribution in [0.1, 0.15) is 117 Å². The molecule has 0 atom stereocenters. The number of hydrogen-bond donors (Lipinski definition) is 5. The zero-order chi connectivity index (χ0) is 87.3. The monoisotopic (exact) mass is 1700 g/mol. The molecule has 2 aliphatic carbocycles. The Bertz CT molecular complexity index is 4830. The molecule has 5 N–H and O–H groups in total. The zero-order valence-electron chi connectivity index (χ0n) is 59.4. The number of alkyl carbamates (subject to hydrolysis) is 2. The summed E-state index contributed by atoms with van der Waals surface area (Å²) in [6.07, 6.45) is -17.6. The summed E-state index contributed by atoms with van der Waals surface area (Å²) in [6.45, 7) is -0.466. The molecule has 0 saturated carbocycles. The van der Waals surface area contributed by atoms with Crippen molar-refractivity contribution in [3.63, 3.8) is 0 Å². The number of halogens is 22. The van der Waals surface area contributed by atoms with Gasteiger partial charge in [0, 0.05) is 79.5 Å². The molecule has 41 heteroatoms. The number of fused-ring (bicyclic) bond motifs is 6. The summed E-state index contributed by atoms with van der Waals surface area (Å²) >= 11 is 0. The van der Waals surface area contributed by atoms with E-state index < -0.39 is 262 Å². The number of alkyl halides is 3. The first-order chi connectivity index (χ1) is 55.4. The second kappa shape index (κ2) is 38.3. The quantitative estimate of drug-likeness (QED) is 0.00957. The summed E-state index contributed by atoms with van der Waals surface area (Å²) in [6, 6.07) is 29.1. The van der Waals surface area contributed by atoms with Gasteiger partial charge in [-0.2, -0.15) is 35.1 Å². The summed E-state index contributed by atoms with van der Waals surface area (Å²) in [4.78, 5) is 110. The highest BCUT2D eigenvalue weighted by atomic mass is 19.4. The lowest BCUT2D eigenvalue weighted by molar-refractivity contribution is -0.189. The number of carbonyl (C=O) groups is 9. The predicted molar refractivity (Wildman–Crippen MR) is 357 cm³/mol. The fraction of sp³-hybridized carbons (Fsp3) is 0.260. The molecular formula is C77H54F22N2O17. The van der Waals surface area contributed by atoms with Gasteiger partial charge in [-0.25, -0.2) is 75.8 Å². The van der Waals surface area contributed by atoms with Crippen molar-refractivity contribution in [2.45, 2.75) is 113 Å². The van der Waals surface area contributed by atoms with Crippen molar-refractivity contribution < 1.29 is 179 Å². The largest absolute Gasteiger partial charge is 0.491 e. The van der Waals surface area contributed by atoms with Gasteiger partial charge >= 0.3 is 54.2 Å². The maximum Gasteiger partial charge on any atom is 0.491 e. The van der Waals surface area contributed by atoms with Gasteiger partial charge in [0.05, 0.1) is 0 Å². The molecule has 0 unspecified atom stereocenters. The van der Waals surface area contributed by atoms with Crippen LogP contribution in [0.5, 0.6) is 17.2 Å². The van der Waals surface area contributed by atoms with E-state index in [-0.39, 0.29) is 57.1 Å². The van der Waals surface area contributed by atoms with Gasteiger partial charge in [-0.15, -0.1) is 0 Å². The van der Waals surface area contributed by atoms with E-state index in [0.29, 0.717) is 11.1 Å². The van der Waals surface area contributed by atoms with Gasteiger partial charge < -0.3 is 49.6 Å². The Balaban J connectivity index is 0.000000279. The van der Waals surface area contributed by atoms with Crippen LogP contribution < -0.4 is 24.8 Å². The number of hydrogen-bond acceptors (Lipinski definition) is 14. The summed E-state index contributed by atoms with van der Waals surface area (Å²) in [7, 11) is 0. The second-order valence-electron chi connectivity index (χ2n) is 25.8. The molecule has 0 bridgehead atoms. The van der Waals surface area contributed by atoms with E-state index >= 15 is 0 Å². The summed E-state index contributed by atoms with van der Waals surface area (Å²) in [5.74, 6) is -65.2. The van der Waals surface area contributed by atoms with Gasteiger partial charge in [0.25, 0.3) is 0 Å². The number of aliphatic carboxylic acids is 3. The van der Waals surface area contributed by atoms with Gasteiger partial charge in [-0.05, 0) is 83.0 Å². The van der Waals surface area contributed by atoms with Gasteiger partial charge in [0.15, 0.2) is 40.7 Å². The van der Waals surface area contributed by atoms with Crippen LogP contribution in [0.25, 0.3) is 22.3 Å². The molecule has 628 valence electrons. The van der Waals surface area contributed by atoms with E-state index in [9.17, 15) is 140 Å². The molecule has 0 fully saturated rings. The van der Waals surface area contributed by atoms with E-state index in [1.165, 1.54) is 0 Å². The van der Waals surface area contributed by atoms with Crippen LogP contribution in [0, 0.1) is 111 Å². The van der Waals surface area contributed by atoms with E-state index in [1.54, 1.807) is 48.5 Å². The number of ketones is 1. The number of carbonyl (C=O) groups excluding carboxylic acids is 6. The van der Waals surface area contributed by atoms with Crippen LogP contribution >= 0.6 is 0 Å². The van der Waals surface area contributed by atoms with Crippen LogP contribution in [0.2, 0.25) is 0 Å². The van der Waals surface area contributed by atoms with Crippen LogP contribution in [-0.4, -0.2) is 99.6 Å². The first kappa shape index (κ1) is 90.8. The summed E-state index contributed by atoms with van der Waals surface area (Å²) < 4.78 is 320. The lowest BCUT2D eigenvalue weighted by Crippen LogP contribution is -2.50. The molecule has 0 aliphatic heterocycles. The van der Waals surface area contributed by atoms with Crippen LogP contribution in [0.15, 0.2) is 103 Å². The van der Waals surface area contributed by atoms with Crippen molar-refractivity contribution in [3.05, 3.63) is 241 Å². The third-order valence-corrected chi connectivity index (χ3v) is 18.3. The molecule has 0 aromatic heterocycles. The Morgan fingerprint density at radius 2 is 0.619 bits per heavy atom. The summed E-state index contributed by atoms with van der Waals surface area (Å²) in [5, 5.41) is 32.2. The highest BCUT2D eigenvalue weighted by Crippen LogP contribution is 2.47. The predicted octanol–water partition coefficient (Wildman–Crippen LogP) is 17.3. The van der Waals surface area contributed by atoms with Crippen molar-refractivity contribution in [2.24, 2.45) is 0 Å². The number of amides is 2. The number of carboxylic acids is 3. The minimum atomic E-state index is -5.48. The molecule has 2 amide bonds. The number of Topliss-reactive ketones (excluding diaryl/α,β-unsaturated/α-hetero) is 1. The first-order valence-corrected chi connectivity index (χ1v) is 33.9. The fourth-order valence-corrected chi connectivity index (χ4v) is 12.5. The van der Waals surface area contributed by atoms with E-state index in [0.717, 1.165) is 33.4 Å². The van der Waals surface area contributed by atoms with Crippen molar-refractivity contribution in [2.75, 3.05) is 13.2 Å². The molecule has 0 heterocycles. The maximum absolute atomic E-state index is 14.6. The number of esters is 3. The van der Waals surface area contributed by atoms with Gasteiger partial charge in [0.1, 0.15) is 19.0 Å². The molecule has 8 aromatic rings. The minimum Gasteiger partial charge on any atom is -0.481 e. The van der Waals surface area contributed by atoms with Crippen molar-refractivity contribution in [1.29, 1.82) is 0 Å². The Morgan fingerprint density at radius 1 is 0.339 bits per heavy atom. The number of nitrogens with one attached hydrogen (secondary N) is 2. The molecule has 0 saturated heterocycles. The topological polar surface area (TPSA) is 285 Å². The molecule has 10 rings (SSSR count). The lowest BCUT2D eigenvalue weighted by Gasteiger charge is -2.34. The van der Waals surface area contributed by atoms with E-state index in [1.807, 2.05) is 48.5 Å². The highest BCUT2D eigenvalue weighted by Gasteiger charge is 2.44. The first-order valence-electron chi connectivity index (χ1n) is 33.9. The Morgan fingerprint density at radius 3 is 0.932 bits per heavy atom. The molecule has 2 aliphatic rings. The Hall–Kier alpha value is -12.8.